The van der Waals surface area contributed by atoms with Crippen molar-refractivity contribution in [3.63, 3.8) is 0 Å². The van der Waals surface area contributed by atoms with E-state index in [9.17, 15) is 0 Å². The quantitative estimate of drug-likeness (QED) is 0.162. The molecule has 0 unspecified atom stereocenters. The molecule has 14 aromatic rings. The van der Waals surface area contributed by atoms with Crippen molar-refractivity contribution >= 4 is 86.7 Å². The largest absolute Gasteiger partial charge is 0.309 e. The predicted octanol–water partition coefficient (Wildman–Crippen LogP) is 15.7. The van der Waals surface area contributed by atoms with Gasteiger partial charge in [-0.3, -0.25) is 0 Å². The van der Waals surface area contributed by atoms with E-state index in [-0.39, 0.29) is 0 Å². The van der Waals surface area contributed by atoms with Gasteiger partial charge in [0, 0.05) is 43.9 Å². The average Bonchev–Trinajstić information content (AvgIpc) is 3.90. The summed E-state index contributed by atoms with van der Waals surface area (Å²) in [6, 6.07) is 80.5. The van der Waals surface area contributed by atoms with Crippen molar-refractivity contribution in [3.8, 4) is 45.5 Å². The zero-order chi connectivity index (χ0) is 43.3. The molecule has 11 aromatic carbocycles. The second-order valence-corrected chi connectivity index (χ2v) is 17.2. The van der Waals surface area contributed by atoms with Crippen LogP contribution in [0, 0.1) is 0 Å². The van der Waals surface area contributed by atoms with Crippen molar-refractivity contribution in [1.29, 1.82) is 0 Å². The minimum Gasteiger partial charge on any atom is -0.309 e. The summed E-state index contributed by atoms with van der Waals surface area (Å²) in [5.41, 5.74) is 9.46. The van der Waals surface area contributed by atoms with Crippen LogP contribution in [-0.2, 0) is 0 Å². The average molecular weight is 840 g/mol. The molecule has 0 saturated carbocycles. The normalized spacial score (nSPS) is 11.9. The van der Waals surface area contributed by atoms with Crippen molar-refractivity contribution < 1.29 is 0 Å². The Morgan fingerprint density at radius 2 is 0.848 bits per heavy atom. The van der Waals surface area contributed by atoms with Crippen LogP contribution in [0.3, 0.4) is 0 Å². The van der Waals surface area contributed by atoms with E-state index < -0.39 is 0 Å². The van der Waals surface area contributed by atoms with Crippen LogP contribution in [0.5, 0.6) is 0 Å². The van der Waals surface area contributed by atoms with Gasteiger partial charge in [-0.15, -0.1) is 0 Å². The second kappa shape index (κ2) is 14.3. The lowest BCUT2D eigenvalue weighted by Crippen LogP contribution is -2.03. The van der Waals surface area contributed by atoms with Crippen molar-refractivity contribution in [2.75, 3.05) is 0 Å². The summed E-state index contributed by atoms with van der Waals surface area (Å²) < 4.78 is 4.84. The third-order valence-corrected chi connectivity index (χ3v) is 13.5. The molecule has 0 bridgehead atoms. The van der Waals surface area contributed by atoms with Gasteiger partial charge in [-0.25, -0.2) is 15.0 Å². The predicted molar refractivity (Wildman–Crippen MR) is 275 cm³/mol. The van der Waals surface area contributed by atoms with Crippen molar-refractivity contribution in [3.05, 3.63) is 224 Å². The highest BCUT2D eigenvalue weighted by Crippen LogP contribution is 2.42. The molecule has 0 amide bonds. The maximum Gasteiger partial charge on any atom is 0.166 e. The fourth-order valence-corrected chi connectivity index (χ4v) is 10.5. The molecule has 0 fully saturated rings. The van der Waals surface area contributed by atoms with Gasteiger partial charge in [-0.2, -0.15) is 0 Å². The maximum absolute atomic E-state index is 5.34. The number of fused-ring (bicyclic) bond motifs is 12. The standard InChI is InChI=1S/C61H37N5/c1-2-16-40(17-3-1)59-62-60(44-28-31-47-43(34-44)27-26-38-14-6-8-20-46(38)47)64-61(63-59)50-23-11-13-25-54(50)66-55-33-30-45(37-52(55)51-35-41-18-4-5-19-42(41)36-57(51)66)65-53-24-12-10-22-49(53)58-48-21-9-7-15-39(48)29-32-56(58)65/h1-37H. The topological polar surface area (TPSA) is 48.5 Å². The first-order valence-electron chi connectivity index (χ1n) is 22.4. The summed E-state index contributed by atoms with van der Waals surface area (Å²) in [6.07, 6.45) is 0. The Hall–Kier alpha value is -8.93. The minimum atomic E-state index is 0.609. The minimum absolute atomic E-state index is 0.609. The van der Waals surface area contributed by atoms with E-state index in [0.717, 1.165) is 44.5 Å². The van der Waals surface area contributed by atoms with Crippen molar-refractivity contribution in [1.82, 2.24) is 24.1 Å². The molecular formula is C61H37N5. The van der Waals surface area contributed by atoms with Crippen LogP contribution < -0.4 is 0 Å². The van der Waals surface area contributed by atoms with Crippen LogP contribution in [-0.4, -0.2) is 24.1 Å². The summed E-state index contributed by atoms with van der Waals surface area (Å²) in [5, 5.41) is 14.5. The van der Waals surface area contributed by atoms with E-state index in [2.05, 4.69) is 215 Å². The molecule has 66 heavy (non-hydrogen) atoms. The molecule has 3 heterocycles. The smallest absolute Gasteiger partial charge is 0.166 e. The van der Waals surface area contributed by atoms with E-state index in [0.29, 0.717) is 17.5 Å². The van der Waals surface area contributed by atoms with Gasteiger partial charge in [0.15, 0.2) is 17.5 Å². The fraction of sp³-hybridized carbons (Fsp3) is 0. The lowest BCUT2D eigenvalue weighted by Gasteiger charge is -2.15. The van der Waals surface area contributed by atoms with Gasteiger partial charge in [0.2, 0.25) is 0 Å². The van der Waals surface area contributed by atoms with E-state index in [1.807, 2.05) is 18.2 Å². The van der Waals surface area contributed by atoms with Gasteiger partial charge < -0.3 is 9.13 Å². The number of hydrogen-bond acceptors (Lipinski definition) is 3. The molecule has 0 radical (unpaired) electrons. The third-order valence-electron chi connectivity index (χ3n) is 13.5. The molecule has 14 rings (SSSR count). The molecule has 0 N–H and O–H groups in total. The lowest BCUT2D eigenvalue weighted by molar-refractivity contribution is 1.06. The van der Waals surface area contributed by atoms with Crippen LogP contribution in [0.25, 0.3) is 132 Å². The Kier molecular flexibility index (Phi) is 7.91. The van der Waals surface area contributed by atoms with E-state index in [1.165, 1.54) is 70.3 Å². The molecule has 5 nitrogen and oxygen atoms in total. The number of rotatable bonds is 5. The SMILES string of the molecule is c1ccc(-c2nc(-c3ccc4c(ccc5ccccc54)c3)nc(-c3ccccc3-n3c4ccc(-n5c6ccccc6c6c7ccccc7ccc65)cc4c4cc5ccccc5cc43)n2)cc1. The Labute approximate surface area is 379 Å². The first kappa shape index (κ1) is 36.5. The number of para-hydroxylation sites is 2. The van der Waals surface area contributed by atoms with Crippen molar-refractivity contribution in [2.24, 2.45) is 0 Å². The summed E-state index contributed by atoms with van der Waals surface area (Å²) in [6.45, 7) is 0. The fourth-order valence-electron chi connectivity index (χ4n) is 10.5. The van der Waals surface area contributed by atoms with Crippen LogP contribution in [0.4, 0.5) is 0 Å². The van der Waals surface area contributed by atoms with E-state index in [4.69, 9.17) is 15.0 Å². The highest BCUT2D eigenvalue weighted by Gasteiger charge is 2.22. The molecular weight excluding hydrogens is 803 g/mol. The van der Waals surface area contributed by atoms with Gasteiger partial charge in [0.25, 0.3) is 0 Å². The maximum atomic E-state index is 5.34. The second-order valence-electron chi connectivity index (χ2n) is 17.2. The van der Waals surface area contributed by atoms with Crippen molar-refractivity contribution in [2.45, 2.75) is 0 Å². The third kappa shape index (κ3) is 5.57. The molecule has 0 aliphatic rings. The van der Waals surface area contributed by atoms with Crippen LogP contribution in [0.2, 0.25) is 0 Å². The number of nitrogens with zero attached hydrogens (tertiary/aromatic N) is 5. The number of hydrogen-bond donors (Lipinski definition) is 0. The summed E-state index contributed by atoms with van der Waals surface area (Å²) in [4.78, 5) is 15.8. The Morgan fingerprint density at radius 3 is 1.70 bits per heavy atom. The molecule has 0 aliphatic carbocycles. The van der Waals surface area contributed by atoms with Gasteiger partial charge in [-0.1, -0.05) is 164 Å². The zero-order valence-electron chi connectivity index (χ0n) is 35.6. The summed E-state index contributed by atoms with van der Waals surface area (Å²) in [5.74, 6) is 1.86. The molecule has 0 saturated heterocycles. The van der Waals surface area contributed by atoms with Gasteiger partial charge in [0.05, 0.1) is 27.8 Å². The van der Waals surface area contributed by atoms with Crippen LogP contribution >= 0.6 is 0 Å². The molecule has 306 valence electrons. The number of benzene rings is 11. The summed E-state index contributed by atoms with van der Waals surface area (Å²) >= 11 is 0. The Morgan fingerprint density at radius 1 is 0.273 bits per heavy atom. The van der Waals surface area contributed by atoms with Crippen LogP contribution in [0.15, 0.2) is 224 Å². The monoisotopic (exact) mass is 839 g/mol. The first-order valence-corrected chi connectivity index (χ1v) is 22.4. The highest BCUT2D eigenvalue weighted by molar-refractivity contribution is 6.22. The molecule has 0 atom stereocenters. The molecule has 5 heteroatoms. The van der Waals surface area contributed by atoms with Gasteiger partial charge >= 0.3 is 0 Å². The highest BCUT2D eigenvalue weighted by atomic mass is 15.1. The Balaban J connectivity index is 1.01. The molecule has 3 aromatic heterocycles. The van der Waals surface area contributed by atoms with E-state index in [1.54, 1.807) is 0 Å². The zero-order valence-corrected chi connectivity index (χ0v) is 35.6. The Bertz CT molecular complexity index is 4290. The lowest BCUT2D eigenvalue weighted by atomic mass is 10.00. The molecule has 0 spiro atoms. The summed E-state index contributed by atoms with van der Waals surface area (Å²) in [7, 11) is 0. The number of aromatic nitrogens is 5. The first-order chi connectivity index (χ1) is 32.7. The molecule has 0 aliphatic heterocycles. The van der Waals surface area contributed by atoms with Crippen LogP contribution in [0.1, 0.15) is 0 Å². The van der Waals surface area contributed by atoms with Gasteiger partial charge in [0.1, 0.15) is 0 Å². The van der Waals surface area contributed by atoms with E-state index >= 15 is 0 Å². The van der Waals surface area contributed by atoms with Gasteiger partial charge in [-0.05, 0) is 104 Å².